The molecule has 0 atom stereocenters. The number of pyridine rings is 1. The second-order valence-electron chi connectivity index (χ2n) is 12.5. The van der Waals surface area contributed by atoms with E-state index in [9.17, 15) is 0 Å². The minimum Gasteiger partial charge on any atom is -0.264 e. The van der Waals surface area contributed by atoms with Gasteiger partial charge in [0.1, 0.15) is 0 Å². The summed E-state index contributed by atoms with van der Waals surface area (Å²) in [5.74, 6) is 0.695. The van der Waals surface area contributed by atoms with E-state index in [2.05, 4.69) is 169 Å². The van der Waals surface area contributed by atoms with E-state index >= 15 is 0 Å². The lowest BCUT2D eigenvalue weighted by atomic mass is 9.93. The summed E-state index contributed by atoms with van der Waals surface area (Å²) < 4.78 is 0. The molecule has 0 saturated heterocycles. The fourth-order valence-corrected chi connectivity index (χ4v) is 6.76. The van der Waals surface area contributed by atoms with Gasteiger partial charge in [-0.3, -0.25) is 4.98 Å². The second-order valence-corrected chi connectivity index (χ2v) is 12.5. The summed E-state index contributed by atoms with van der Waals surface area (Å²) in [5, 5.41) is 4.79. The molecule has 0 spiro atoms. The van der Waals surface area contributed by atoms with Crippen LogP contribution >= 0.6 is 0 Å². The quantitative estimate of drug-likeness (QED) is 0.182. The normalized spacial score (nSPS) is 11.2. The van der Waals surface area contributed by atoms with Crippen LogP contribution in [0.15, 0.2) is 188 Å². The van der Waals surface area contributed by atoms with Crippen molar-refractivity contribution in [3.8, 4) is 67.3 Å². The SMILES string of the molecule is c1ccc(-c2ccc(-c3nc(-c4cccc(-c5cc(-c6cccnc6)c6ccccc6c5)c4)cc(-c4ccc5ccccc5c4)n3)cc2)cc1. The molecule has 0 aliphatic heterocycles. The highest BCUT2D eigenvalue weighted by molar-refractivity contribution is 6.00. The molecule has 9 rings (SSSR count). The largest absolute Gasteiger partial charge is 0.264 e. The number of hydrogen-bond donors (Lipinski definition) is 0. The molecule has 0 aliphatic rings. The number of fused-ring (bicyclic) bond motifs is 2. The predicted octanol–water partition coefficient (Wildman–Crippen LogP) is 12.2. The first kappa shape index (κ1) is 29.4. The van der Waals surface area contributed by atoms with Gasteiger partial charge in [0, 0.05) is 34.6 Å². The lowest BCUT2D eigenvalue weighted by Crippen LogP contribution is -1.96. The molecule has 3 heteroatoms. The Kier molecular flexibility index (Phi) is 7.49. The third-order valence-electron chi connectivity index (χ3n) is 9.35. The van der Waals surface area contributed by atoms with E-state index in [1.165, 1.54) is 32.7 Å². The van der Waals surface area contributed by atoms with Gasteiger partial charge in [-0.15, -0.1) is 0 Å². The zero-order chi connectivity index (χ0) is 33.3. The molecule has 0 bridgehead atoms. The van der Waals surface area contributed by atoms with Gasteiger partial charge < -0.3 is 0 Å². The minimum atomic E-state index is 0.695. The van der Waals surface area contributed by atoms with Gasteiger partial charge in [0.15, 0.2) is 5.82 Å². The van der Waals surface area contributed by atoms with Crippen LogP contribution in [-0.2, 0) is 0 Å². The van der Waals surface area contributed by atoms with E-state index in [4.69, 9.17) is 9.97 Å². The molecule has 9 aromatic rings. The van der Waals surface area contributed by atoms with E-state index in [-0.39, 0.29) is 0 Å². The van der Waals surface area contributed by atoms with Gasteiger partial charge in [0.25, 0.3) is 0 Å². The highest BCUT2D eigenvalue weighted by Gasteiger charge is 2.14. The lowest BCUT2D eigenvalue weighted by molar-refractivity contribution is 1.18. The molecule has 0 fully saturated rings. The van der Waals surface area contributed by atoms with Crippen molar-refractivity contribution in [2.24, 2.45) is 0 Å². The molecular weight excluding hydrogens is 607 g/mol. The molecule has 0 amide bonds. The highest BCUT2D eigenvalue weighted by atomic mass is 14.9. The van der Waals surface area contributed by atoms with Crippen LogP contribution in [0.25, 0.3) is 88.8 Å². The molecule has 7 aromatic carbocycles. The maximum Gasteiger partial charge on any atom is 0.160 e. The Morgan fingerprint density at radius 2 is 0.920 bits per heavy atom. The van der Waals surface area contributed by atoms with Crippen LogP contribution in [0.5, 0.6) is 0 Å². The van der Waals surface area contributed by atoms with Gasteiger partial charge in [-0.2, -0.15) is 0 Å². The number of benzene rings is 7. The zero-order valence-corrected chi connectivity index (χ0v) is 27.2. The Bertz CT molecular complexity index is 2630. The van der Waals surface area contributed by atoms with Crippen molar-refractivity contribution in [3.05, 3.63) is 188 Å². The average Bonchev–Trinajstić information content (AvgIpc) is 3.21. The molecule has 2 aromatic heterocycles. The van der Waals surface area contributed by atoms with E-state index in [0.29, 0.717) is 5.82 Å². The summed E-state index contributed by atoms with van der Waals surface area (Å²) >= 11 is 0. The summed E-state index contributed by atoms with van der Waals surface area (Å²) in [7, 11) is 0. The molecule has 3 nitrogen and oxygen atoms in total. The fourth-order valence-electron chi connectivity index (χ4n) is 6.76. The van der Waals surface area contributed by atoms with Crippen LogP contribution in [0.4, 0.5) is 0 Å². The van der Waals surface area contributed by atoms with Crippen LogP contribution < -0.4 is 0 Å². The Morgan fingerprint density at radius 1 is 0.320 bits per heavy atom. The van der Waals surface area contributed by atoms with Crippen molar-refractivity contribution in [1.82, 2.24) is 15.0 Å². The Balaban J connectivity index is 1.18. The molecule has 2 heterocycles. The lowest BCUT2D eigenvalue weighted by Gasteiger charge is -2.13. The summed E-state index contributed by atoms with van der Waals surface area (Å²) in [6.45, 7) is 0. The zero-order valence-electron chi connectivity index (χ0n) is 27.2. The Morgan fingerprint density at radius 3 is 1.72 bits per heavy atom. The fraction of sp³-hybridized carbons (Fsp3) is 0. The van der Waals surface area contributed by atoms with E-state index in [1.807, 2.05) is 24.5 Å². The van der Waals surface area contributed by atoms with Crippen molar-refractivity contribution < 1.29 is 0 Å². The first-order valence-electron chi connectivity index (χ1n) is 16.8. The third-order valence-corrected chi connectivity index (χ3v) is 9.35. The van der Waals surface area contributed by atoms with Gasteiger partial charge in [-0.05, 0) is 85.8 Å². The van der Waals surface area contributed by atoms with Crippen LogP contribution in [0.1, 0.15) is 0 Å². The van der Waals surface area contributed by atoms with Crippen LogP contribution in [0.3, 0.4) is 0 Å². The summed E-state index contributed by atoms with van der Waals surface area (Å²) in [4.78, 5) is 14.8. The molecule has 0 unspecified atom stereocenters. The van der Waals surface area contributed by atoms with Gasteiger partial charge in [-0.1, -0.05) is 140 Å². The molecule has 0 radical (unpaired) electrons. The molecular formula is C47H31N3. The Labute approximate surface area is 291 Å². The Hall–Kier alpha value is -6.71. The van der Waals surface area contributed by atoms with Gasteiger partial charge >= 0.3 is 0 Å². The van der Waals surface area contributed by atoms with E-state index < -0.39 is 0 Å². The van der Waals surface area contributed by atoms with Crippen LogP contribution in [0, 0.1) is 0 Å². The summed E-state index contributed by atoms with van der Waals surface area (Å²) in [6.07, 6.45) is 3.75. The van der Waals surface area contributed by atoms with E-state index in [0.717, 1.165) is 50.3 Å². The second kappa shape index (κ2) is 12.7. The highest BCUT2D eigenvalue weighted by Crippen LogP contribution is 2.36. The first-order chi connectivity index (χ1) is 24.7. The van der Waals surface area contributed by atoms with Crippen LogP contribution in [-0.4, -0.2) is 15.0 Å². The van der Waals surface area contributed by atoms with Crippen molar-refractivity contribution >= 4 is 21.5 Å². The maximum absolute atomic E-state index is 5.19. The van der Waals surface area contributed by atoms with Crippen LogP contribution in [0.2, 0.25) is 0 Å². The topological polar surface area (TPSA) is 38.7 Å². The summed E-state index contributed by atoms with van der Waals surface area (Å²) in [6, 6.07) is 62.0. The number of nitrogens with zero attached hydrogens (tertiary/aromatic N) is 3. The molecule has 234 valence electrons. The van der Waals surface area contributed by atoms with Gasteiger partial charge in [0.05, 0.1) is 11.4 Å². The molecule has 0 aliphatic carbocycles. The smallest absolute Gasteiger partial charge is 0.160 e. The number of aromatic nitrogens is 3. The monoisotopic (exact) mass is 637 g/mol. The van der Waals surface area contributed by atoms with E-state index in [1.54, 1.807) is 0 Å². The minimum absolute atomic E-state index is 0.695. The van der Waals surface area contributed by atoms with Crippen molar-refractivity contribution in [3.63, 3.8) is 0 Å². The number of hydrogen-bond acceptors (Lipinski definition) is 3. The number of rotatable bonds is 6. The van der Waals surface area contributed by atoms with Gasteiger partial charge in [-0.25, -0.2) is 9.97 Å². The van der Waals surface area contributed by atoms with Crippen molar-refractivity contribution in [2.75, 3.05) is 0 Å². The van der Waals surface area contributed by atoms with Crippen molar-refractivity contribution in [2.45, 2.75) is 0 Å². The third kappa shape index (κ3) is 5.72. The standard InChI is InChI=1S/C47H31N3/c1-2-10-32(11-3-1)34-19-22-35(23-20-34)47-49-45(30-46(50-47)40-24-21-33-12-4-5-13-36(33)26-40)39-16-8-15-37(27-39)42-28-38-14-6-7-18-43(38)44(29-42)41-17-9-25-48-31-41/h1-31H. The predicted molar refractivity (Wildman–Crippen MR) is 207 cm³/mol. The molecule has 0 saturated carbocycles. The van der Waals surface area contributed by atoms with Crippen molar-refractivity contribution in [1.29, 1.82) is 0 Å². The average molecular weight is 638 g/mol. The molecule has 50 heavy (non-hydrogen) atoms. The van der Waals surface area contributed by atoms with Gasteiger partial charge in [0.2, 0.25) is 0 Å². The molecule has 0 N–H and O–H groups in total. The maximum atomic E-state index is 5.19. The summed E-state index contributed by atoms with van der Waals surface area (Å²) in [5.41, 5.74) is 11.7. The first-order valence-corrected chi connectivity index (χ1v) is 16.8.